The number of para-hydroxylation sites is 1. The first kappa shape index (κ1) is 12.9. The van der Waals surface area contributed by atoms with Crippen LogP contribution >= 0.6 is 0 Å². The smallest absolute Gasteiger partial charge is 0.250 e. The van der Waals surface area contributed by atoms with E-state index >= 15 is 0 Å². The van der Waals surface area contributed by atoms with E-state index in [1.165, 1.54) is 0 Å². The minimum atomic E-state index is -0.549. The number of carbonyl (C=O) groups is 1. The van der Waals surface area contributed by atoms with Crippen molar-refractivity contribution in [3.05, 3.63) is 35.9 Å². The number of nitrogen functional groups attached to an aromatic ring is 1. The van der Waals surface area contributed by atoms with Crippen LogP contribution in [0.4, 0.5) is 11.4 Å². The molecule has 0 aliphatic carbocycles. The minimum absolute atomic E-state index is 0.0991. The summed E-state index contributed by atoms with van der Waals surface area (Å²) in [7, 11) is 1.86. The third-order valence-corrected chi connectivity index (χ3v) is 2.88. The number of aryl methyl sites for hydroxylation is 1. The number of amides is 1. The number of nitrogens with two attached hydrogens (primary N) is 2. The monoisotopic (exact) mass is 260 g/mol. The van der Waals surface area contributed by atoms with E-state index in [2.05, 4.69) is 15.5 Å². The lowest BCUT2D eigenvalue weighted by Gasteiger charge is -2.17. The van der Waals surface area contributed by atoms with E-state index in [9.17, 15) is 4.79 Å². The zero-order valence-corrected chi connectivity index (χ0v) is 10.8. The SMILES string of the molecule is CC(Nc1cccc(C(N)=O)c1N)c1nncn1C. The van der Waals surface area contributed by atoms with Crippen LogP contribution in [0, 0.1) is 0 Å². The summed E-state index contributed by atoms with van der Waals surface area (Å²) < 4.78 is 1.81. The van der Waals surface area contributed by atoms with Crippen LogP contribution in [0.25, 0.3) is 0 Å². The molecule has 1 amide bonds. The summed E-state index contributed by atoms with van der Waals surface area (Å²) in [4.78, 5) is 11.2. The van der Waals surface area contributed by atoms with Gasteiger partial charge in [-0.25, -0.2) is 0 Å². The highest BCUT2D eigenvalue weighted by molar-refractivity contribution is 6.00. The molecule has 1 heterocycles. The van der Waals surface area contributed by atoms with Crippen LogP contribution in [0.2, 0.25) is 0 Å². The molecule has 19 heavy (non-hydrogen) atoms. The summed E-state index contributed by atoms with van der Waals surface area (Å²) >= 11 is 0. The van der Waals surface area contributed by atoms with E-state index in [1.54, 1.807) is 24.5 Å². The lowest BCUT2D eigenvalue weighted by molar-refractivity contribution is 0.100. The molecule has 1 aromatic carbocycles. The molecule has 0 spiro atoms. The molecule has 100 valence electrons. The van der Waals surface area contributed by atoms with E-state index in [4.69, 9.17) is 11.5 Å². The number of rotatable bonds is 4. The average Bonchev–Trinajstić information content (AvgIpc) is 2.77. The maximum Gasteiger partial charge on any atom is 0.250 e. The second-order valence-corrected chi connectivity index (χ2v) is 4.30. The molecule has 0 aliphatic heterocycles. The van der Waals surface area contributed by atoms with Gasteiger partial charge in [0.1, 0.15) is 6.33 Å². The molecule has 0 radical (unpaired) electrons. The molecule has 0 aliphatic rings. The standard InChI is InChI=1S/C12H16N6O/c1-7(12-17-15-6-18(12)2)16-9-5-3-4-8(10(9)13)11(14)19/h3-7,16H,13H2,1-2H3,(H2,14,19). The maximum absolute atomic E-state index is 11.2. The summed E-state index contributed by atoms with van der Waals surface area (Å²) in [5.41, 5.74) is 12.5. The number of carbonyl (C=O) groups excluding carboxylic acids is 1. The van der Waals surface area contributed by atoms with Crippen molar-refractivity contribution >= 4 is 17.3 Å². The Morgan fingerprint density at radius 1 is 1.47 bits per heavy atom. The summed E-state index contributed by atoms with van der Waals surface area (Å²) in [5, 5.41) is 11.0. The molecular weight excluding hydrogens is 244 g/mol. The molecule has 0 saturated heterocycles. The van der Waals surface area contributed by atoms with Gasteiger partial charge in [-0.05, 0) is 19.1 Å². The molecule has 1 unspecified atom stereocenters. The molecule has 7 nitrogen and oxygen atoms in total. The van der Waals surface area contributed by atoms with Crippen molar-refractivity contribution in [1.82, 2.24) is 14.8 Å². The zero-order valence-electron chi connectivity index (χ0n) is 10.8. The van der Waals surface area contributed by atoms with Crippen molar-refractivity contribution in [3.8, 4) is 0 Å². The third kappa shape index (κ3) is 2.49. The van der Waals surface area contributed by atoms with Gasteiger partial charge in [0, 0.05) is 7.05 Å². The summed E-state index contributed by atoms with van der Waals surface area (Å²) in [5.74, 6) is 0.219. The Balaban J connectivity index is 2.27. The highest BCUT2D eigenvalue weighted by Gasteiger charge is 2.14. The van der Waals surface area contributed by atoms with E-state index < -0.39 is 5.91 Å². The van der Waals surface area contributed by atoms with Crippen molar-refractivity contribution < 1.29 is 4.79 Å². The van der Waals surface area contributed by atoms with E-state index in [0.717, 1.165) is 5.82 Å². The van der Waals surface area contributed by atoms with E-state index in [1.807, 2.05) is 18.5 Å². The van der Waals surface area contributed by atoms with E-state index in [-0.39, 0.29) is 6.04 Å². The Kier molecular flexibility index (Phi) is 3.37. The molecule has 5 N–H and O–H groups in total. The van der Waals surface area contributed by atoms with Crippen molar-refractivity contribution in [2.45, 2.75) is 13.0 Å². The number of hydrogen-bond acceptors (Lipinski definition) is 5. The van der Waals surface area contributed by atoms with Crippen LogP contribution in [0.1, 0.15) is 29.1 Å². The van der Waals surface area contributed by atoms with Gasteiger partial charge in [-0.2, -0.15) is 0 Å². The lowest BCUT2D eigenvalue weighted by Crippen LogP contribution is -2.17. The fraction of sp³-hybridized carbons (Fsp3) is 0.250. The number of benzene rings is 1. The fourth-order valence-corrected chi connectivity index (χ4v) is 1.89. The summed E-state index contributed by atoms with van der Waals surface area (Å²) in [6, 6.07) is 5.00. The number of primary amides is 1. The van der Waals surface area contributed by atoms with Gasteiger partial charge in [0.15, 0.2) is 5.82 Å². The van der Waals surface area contributed by atoms with Gasteiger partial charge in [-0.3, -0.25) is 4.79 Å². The maximum atomic E-state index is 11.2. The van der Waals surface area contributed by atoms with Crippen LogP contribution in [-0.2, 0) is 7.05 Å². The Bertz CT molecular complexity index is 606. The topological polar surface area (TPSA) is 112 Å². The Morgan fingerprint density at radius 3 is 2.79 bits per heavy atom. The first-order chi connectivity index (χ1) is 9.00. The summed E-state index contributed by atoms with van der Waals surface area (Å²) in [6.45, 7) is 1.93. The van der Waals surface area contributed by atoms with Gasteiger partial charge in [-0.15, -0.1) is 10.2 Å². The van der Waals surface area contributed by atoms with Crippen LogP contribution < -0.4 is 16.8 Å². The highest BCUT2D eigenvalue weighted by Crippen LogP contribution is 2.26. The molecule has 7 heteroatoms. The Hall–Kier alpha value is -2.57. The largest absolute Gasteiger partial charge is 0.396 e. The number of aromatic nitrogens is 3. The molecule has 1 atom stereocenters. The zero-order chi connectivity index (χ0) is 14.0. The normalized spacial score (nSPS) is 12.1. The van der Waals surface area contributed by atoms with Gasteiger partial charge in [-0.1, -0.05) is 6.07 Å². The number of anilines is 2. The quantitative estimate of drug-likeness (QED) is 0.699. The van der Waals surface area contributed by atoms with Gasteiger partial charge in [0.25, 0.3) is 5.91 Å². The Labute approximate surface area is 110 Å². The van der Waals surface area contributed by atoms with Gasteiger partial charge in [0.05, 0.1) is 23.0 Å². The number of hydrogen-bond donors (Lipinski definition) is 3. The van der Waals surface area contributed by atoms with Crippen molar-refractivity contribution in [1.29, 1.82) is 0 Å². The number of nitrogens with zero attached hydrogens (tertiary/aromatic N) is 3. The molecule has 0 fully saturated rings. The predicted octanol–water partition coefficient (Wildman–Crippen LogP) is 0.669. The number of nitrogens with one attached hydrogen (secondary N) is 1. The molecule has 2 aromatic rings. The second kappa shape index (κ2) is 4.97. The van der Waals surface area contributed by atoms with Crippen LogP contribution in [0.3, 0.4) is 0 Å². The molecule has 0 bridgehead atoms. The summed E-state index contributed by atoms with van der Waals surface area (Å²) in [6.07, 6.45) is 1.62. The fourth-order valence-electron chi connectivity index (χ4n) is 1.89. The van der Waals surface area contributed by atoms with Crippen LogP contribution in [-0.4, -0.2) is 20.7 Å². The predicted molar refractivity (Wildman–Crippen MR) is 72.4 cm³/mol. The molecule has 1 aromatic heterocycles. The first-order valence-electron chi connectivity index (χ1n) is 5.79. The van der Waals surface area contributed by atoms with Gasteiger partial charge >= 0.3 is 0 Å². The first-order valence-corrected chi connectivity index (χ1v) is 5.79. The van der Waals surface area contributed by atoms with E-state index in [0.29, 0.717) is 16.9 Å². The third-order valence-electron chi connectivity index (χ3n) is 2.88. The molecular formula is C12H16N6O. The van der Waals surface area contributed by atoms with Crippen molar-refractivity contribution in [3.63, 3.8) is 0 Å². The lowest BCUT2D eigenvalue weighted by atomic mass is 10.1. The van der Waals surface area contributed by atoms with Crippen molar-refractivity contribution in [2.75, 3.05) is 11.1 Å². The van der Waals surface area contributed by atoms with Gasteiger partial charge < -0.3 is 21.4 Å². The van der Waals surface area contributed by atoms with Gasteiger partial charge in [0.2, 0.25) is 0 Å². The van der Waals surface area contributed by atoms with Crippen molar-refractivity contribution in [2.24, 2.45) is 12.8 Å². The minimum Gasteiger partial charge on any atom is -0.396 e. The second-order valence-electron chi connectivity index (χ2n) is 4.30. The Morgan fingerprint density at radius 2 is 2.21 bits per heavy atom. The molecule has 2 rings (SSSR count). The molecule has 0 saturated carbocycles. The highest BCUT2D eigenvalue weighted by atomic mass is 16.1. The van der Waals surface area contributed by atoms with Crippen LogP contribution in [0.15, 0.2) is 24.5 Å². The van der Waals surface area contributed by atoms with Crippen LogP contribution in [0.5, 0.6) is 0 Å². The average molecular weight is 260 g/mol.